The van der Waals surface area contributed by atoms with Crippen molar-refractivity contribution < 1.29 is 32.3 Å². The zero-order valence-electron chi connectivity index (χ0n) is 17.9. The summed E-state index contributed by atoms with van der Waals surface area (Å²) in [5, 5.41) is 2.95. The molecule has 1 aromatic carbocycles. The van der Waals surface area contributed by atoms with Crippen LogP contribution in [0.5, 0.6) is 5.75 Å². The Morgan fingerprint density at radius 3 is 2.85 bits per heavy atom. The molecule has 0 fully saturated rings. The van der Waals surface area contributed by atoms with E-state index in [0.29, 0.717) is 5.75 Å². The van der Waals surface area contributed by atoms with Crippen molar-refractivity contribution in [2.24, 2.45) is 0 Å². The maximum absolute atomic E-state index is 14.7. The number of nitrogens with one attached hydrogen (secondary N) is 1. The lowest BCUT2D eigenvalue weighted by Gasteiger charge is -2.21. The highest BCUT2D eigenvalue weighted by Crippen LogP contribution is 2.37. The third-order valence-electron chi connectivity index (χ3n) is 4.49. The van der Waals surface area contributed by atoms with Gasteiger partial charge < -0.3 is 24.5 Å². The van der Waals surface area contributed by atoms with Crippen LogP contribution in [0, 0.1) is 6.08 Å². The van der Waals surface area contributed by atoms with Crippen LogP contribution in [0.2, 0.25) is 0 Å². The summed E-state index contributed by atoms with van der Waals surface area (Å²) < 4.78 is 51.6. The number of nitrogens with zero attached hydrogens (tertiary/aromatic N) is 4. The van der Waals surface area contributed by atoms with E-state index in [9.17, 15) is 13.6 Å². The molecule has 0 saturated carbocycles. The summed E-state index contributed by atoms with van der Waals surface area (Å²) >= 11 is 0. The van der Waals surface area contributed by atoms with Crippen LogP contribution < -0.4 is 15.3 Å². The fraction of sp³-hybridized carbons (Fsp3) is 0.300. The van der Waals surface area contributed by atoms with E-state index in [1.54, 1.807) is 31.2 Å². The highest BCUT2D eigenvalue weighted by molar-refractivity contribution is 7.50. The predicted octanol–water partition coefficient (Wildman–Crippen LogP) is 2.77. The predicted molar refractivity (Wildman–Crippen MR) is 117 cm³/mol. The Hall–Kier alpha value is -3.25. The summed E-state index contributed by atoms with van der Waals surface area (Å²) in [5.41, 5.74) is 5.74. The molecule has 180 valence electrons. The van der Waals surface area contributed by atoms with Crippen molar-refractivity contribution in [3.8, 4) is 5.75 Å². The maximum Gasteiger partial charge on any atom is 0.320 e. The van der Waals surface area contributed by atoms with E-state index in [1.807, 2.05) is 6.07 Å². The normalized spacial score (nSPS) is 18.6. The Bertz CT molecular complexity index is 1180. The van der Waals surface area contributed by atoms with Gasteiger partial charge in [0.1, 0.15) is 18.6 Å². The number of esters is 1. The molecule has 0 amide bonds. The van der Waals surface area contributed by atoms with Gasteiger partial charge in [0.15, 0.2) is 43.6 Å². The van der Waals surface area contributed by atoms with E-state index >= 15 is 0 Å². The minimum absolute atomic E-state index is 0.0232. The van der Waals surface area contributed by atoms with Crippen molar-refractivity contribution in [3.05, 3.63) is 54.6 Å². The van der Waals surface area contributed by atoms with Crippen LogP contribution in [-0.4, -0.2) is 51.3 Å². The van der Waals surface area contributed by atoms with Gasteiger partial charge >= 0.3 is 12.0 Å². The molecule has 14 heteroatoms. The van der Waals surface area contributed by atoms with Gasteiger partial charge in [0, 0.05) is 6.08 Å². The number of para-hydroxylation sites is 1. The van der Waals surface area contributed by atoms with Crippen LogP contribution in [-0.2, 0) is 19.0 Å². The fourth-order valence-corrected chi connectivity index (χ4v) is 4.20. The van der Waals surface area contributed by atoms with Crippen LogP contribution in [0.25, 0.3) is 11.2 Å². The first-order chi connectivity index (χ1) is 16.4. The van der Waals surface area contributed by atoms with Gasteiger partial charge in [-0.15, -0.1) is 0 Å². The second kappa shape index (κ2) is 10.8. The number of nitrogens with two attached hydrogens (primary N) is 1. The third kappa shape index (κ3) is 5.62. The molecule has 3 unspecified atom stereocenters. The minimum Gasteiger partial charge on any atom is -0.465 e. The van der Waals surface area contributed by atoms with E-state index in [-0.39, 0.29) is 36.5 Å². The van der Waals surface area contributed by atoms with E-state index < -0.39 is 38.7 Å². The molecule has 0 radical (unpaired) electrons. The number of hydrogen-bond acceptors (Lipinski definition) is 10. The first kappa shape index (κ1) is 23.9. The molecule has 3 heterocycles. The smallest absolute Gasteiger partial charge is 0.320 e. The second-order valence-electron chi connectivity index (χ2n) is 6.83. The van der Waals surface area contributed by atoms with Crippen molar-refractivity contribution in [3.63, 3.8) is 0 Å². The standard InChI is InChI=1S/C20H21F2N6O5P/c1-2-30-14(29)9-25-34(33-12-6-4-3-5-7-12)11-31-15-8-13(21)19(32-15)28-10-24-16-17(23)26-20(22)27-18(16)28/h3-8,10,15,19,25H,2,9,11H2,1H3,(H2,23,26,27). The number of benzene rings is 1. The lowest BCUT2D eigenvalue weighted by molar-refractivity contribution is -0.141. The van der Waals surface area contributed by atoms with Crippen molar-refractivity contribution in [2.75, 3.05) is 25.2 Å². The van der Waals surface area contributed by atoms with Gasteiger partial charge in [0.05, 0.1) is 12.9 Å². The lowest BCUT2D eigenvalue weighted by atomic mass is 10.3. The Morgan fingerprint density at radius 2 is 2.09 bits per heavy atom. The summed E-state index contributed by atoms with van der Waals surface area (Å²) in [4.78, 5) is 22.8. The molecule has 3 atom stereocenters. The molecule has 1 aliphatic rings. The Balaban J connectivity index is 1.41. The number of halogens is 2. The van der Waals surface area contributed by atoms with Crippen LogP contribution in [0.3, 0.4) is 0 Å². The quantitative estimate of drug-likeness (QED) is 0.246. The average molecular weight is 494 g/mol. The molecule has 34 heavy (non-hydrogen) atoms. The van der Waals surface area contributed by atoms with Crippen LogP contribution in [0.15, 0.2) is 48.6 Å². The topological polar surface area (TPSA) is 136 Å². The van der Waals surface area contributed by atoms with Crippen LogP contribution >= 0.6 is 8.30 Å². The number of carbonyl (C=O) groups excluding carboxylic acids is 1. The van der Waals surface area contributed by atoms with E-state index in [1.165, 1.54) is 10.9 Å². The van der Waals surface area contributed by atoms with E-state index in [4.69, 9.17) is 24.5 Å². The fourth-order valence-electron chi connectivity index (χ4n) is 3.03. The lowest BCUT2D eigenvalue weighted by Crippen LogP contribution is -2.25. The van der Waals surface area contributed by atoms with Crippen molar-refractivity contribution >= 4 is 31.3 Å². The number of imidazole rings is 1. The molecule has 3 aromatic rings. The summed E-state index contributed by atoms with van der Waals surface area (Å²) in [6, 6.07) is 8.93. The van der Waals surface area contributed by atoms with Crippen molar-refractivity contribution in [2.45, 2.75) is 19.4 Å². The number of hydrogen-bond donors (Lipinski definition) is 2. The second-order valence-corrected chi connectivity index (χ2v) is 8.34. The summed E-state index contributed by atoms with van der Waals surface area (Å²) in [6.07, 6.45) is -1.13. The van der Waals surface area contributed by atoms with Crippen molar-refractivity contribution in [1.29, 1.82) is 0 Å². The molecule has 0 spiro atoms. The first-order valence-electron chi connectivity index (χ1n) is 10.1. The largest absolute Gasteiger partial charge is 0.465 e. The monoisotopic (exact) mass is 494 g/mol. The van der Waals surface area contributed by atoms with Gasteiger partial charge in [-0.05, 0) is 19.1 Å². The zero-order valence-corrected chi connectivity index (χ0v) is 18.8. The first-order valence-corrected chi connectivity index (χ1v) is 11.6. The highest BCUT2D eigenvalue weighted by Gasteiger charge is 2.32. The molecular weight excluding hydrogens is 473 g/mol. The summed E-state index contributed by atoms with van der Waals surface area (Å²) in [7, 11) is -1.52. The van der Waals surface area contributed by atoms with E-state index in [0.717, 1.165) is 6.08 Å². The minimum atomic E-state index is -1.52. The number of nitrogen functional groups attached to an aromatic ring is 1. The number of anilines is 1. The number of ether oxygens (including phenoxy) is 3. The van der Waals surface area contributed by atoms with Gasteiger partial charge in [0.25, 0.3) is 0 Å². The third-order valence-corrected chi connectivity index (χ3v) is 5.81. The highest BCUT2D eigenvalue weighted by atomic mass is 31.2. The summed E-state index contributed by atoms with van der Waals surface area (Å²) in [6.45, 7) is 1.86. The molecule has 2 aromatic heterocycles. The average Bonchev–Trinajstić information content (AvgIpc) is 3.39. The Labute approximate surface area is 193 Å². The Kier molecular flexibility index (Phi) is 7.58. The summed E-state index contributed by atoms with van der Waals surface area (Å²) in [5.74, 6) is -0.748. The van der Waals surface area contributed by atoms with Crippen molar-refractivity contribution in [1.82, 2.24) is 24.6 Å². The van der Waals surface area contributed by atoms with Gasteiger partial charge in [0.2, 0.25) is 0 Å². The number of aromatic nitrogens is 4. The van der Waals surface area contributed by atoms with Gasteiger partial charge in [-0.25, -0.2) is 9.37 Å². The molecule has 0 aliphatic carbocycles. The SMILES string of the molecule is CCOC(=O)CNP(COC1C=C(F)C(n2cnc3c(N)nc(F)nc32)O1)Oc1ccccc1. The number of rotatable bonds is 10. The van der Waals surface area contributed by atoms with Gasteiger partial charge in [-0.2, -0.15) is 14.4 Å². The molecule has 11 nitrogen and oxygen atoms in total. The molecule has 0 bridgehead atoms. The molecule has 0 saturated heterocycles. The Morgan fingerprint density at radius 1 is 1.29 bits per heavy atom. The van der Waals surface area contributed by atoms with Gasteiger partial charge in [-0.1, -0.05) is 18.2 Å². The molecular formula is C20H21F2N6O5P. The van der Waals surface area contributed by atoms with Gasteiger partial charge in [-0.3, -0.25) is 14.4 Å². The molecule has 3 N–H and O–H groups in total. The molecule has 1 aliphatic heterocycles. The van der Waals surface area contributed by atoms with Crippen LogP contribution in [0.4, 0.5) is 14.6 Å². The maximum atomic E-state index is 14.7. The van der Waals surface area contributed by atoms with Crippen LogP contribution in [0.1, 0.15) is 13.2 Å². The zero-order chi connectivity index (χ0) is 24.1. The number of carbonyl (C=O) groups is 1. The molecule has 4 rings (SSSR count). The van der Waals surface area contributed by atoms with E-state index in [2.05, 4.69) is 20.0 Å². The number of fused-ring (bicyclic) bond motifs is 1.